The normalized spacial score (nSPS) is 23.7. The lowest BCUT2D eigenvalue weighted by atomic mass is 10.0. The van der Waals surface area contributed by atoms with Crippen LogP contribution in [0, 0.1) is 0 Å². The molecule has 2 rings (SSSR count). The highest BCUT2D eigenvalue weighted by molar-refractivity contribution is 7.92. The lowest BCUT2D eigenvalue weighted by molar-refractivity contribution is 0.252. The van der Waals surface area contributed by atoms with E-state index in [-0.39, 0.29) is 22.9 Å². The molecule has 1 aromatic carbocycles. The molecule has 7 heteroatoms. The Labute approximate surface area is 145 Å². The molecule has 0 saturated carbocycles. The molecular weight excluding hydrogens is 346 g/mol. The Morgan fingerprint density at radius 1 is 1.29 bits per heavy atom. The molecule has 1 saturated heterocycles. The highest BCUT2D eigenvalue weighted by atomic mass is 32.2. The lowest BCUT2D eigenvalue weighted by Gasteiger charge is -2.35. The fourth-order valence-electron chi connectivity index (χ4n) is 3.07. The van der Waals surface area contributed by atoms with Crippen LogP contribution >= 0.6 is 0 Å². The molecule has 0 unspecified atom stereocenters. The van der Waals surface area contributed by atoms with E-state index in [1.807, 2.05) is 13.8 Å². The van der Waals surface area contributed by atoms with E-state index in [1.165, 1.54) is 10.4 Å². The smallest absolute Gasteiger partial charge is 0.229 e. The van der Waals surface area contributed by atoms with Gasteiger partial charge in [-0.3, -0.25) is 0 Å². The Morgan fingerprint density at radius 2 is 1.88 bits per heavy atom. The van der Waals surface area contributed by atoms with Crippen molar-refractivity contribution in [1.29, 1.82) is 0 Å². The van der Waals surface area contributed by atoms with Crippen molar-refractivity contribution < 1.29 is 16.8 Å². The summed E-state index contributed by atoms with van der Waals surface area (Å²) in [7, 11) is -7.02. The lowest BCUT2D eigenvalue weighted by Crippen LogP contribution is -2.50. The molecule has 5 nitrogen and oxygen atoms in total. The molecule has 1 aromatic rings. The minimum absolute atomic E-state index is 0.0128. The molecule has 0 bridgehead atoms. The number of sulfone groups is 1. The average molecular weight is 372 g/mol. The van der Waals surface area contributed by atoms with Crippen LogP contribution in [0.15, 0.2) is 41.8 Å². The third-order valence-electron chi connectivity index (χ3n) is 4.51. The number of hydrogen-bond acceptors (Lipinski definition) is 4. The Hall–Kier alpha value is -1.18. The summed E-state index contributed by atoms with van der Waals surface area (Å²) in [4.78, 5) is 0.180. The van der Waals surface area contributed by atoms with Crippen molar-refractivity contribution in [2.75, 3.05) is 18.1 Å². The largest absolute Gasteiger partial charge is 0.243 e. The number of benzene rings is 1. The fourth-order valence-corrected chi connectivity index (χ4v) is 7.06. The number of hydrogen-bond donors (Lipinski definition) is 0. The molecule has 1 fully saturated rings. The molecule has 0 radical (unpaired) electrons. The van der Waals surface area contributed by atoms with Gasteiger partial charge in [-0.2, -0.15) is 4.31 Å². The Balaban J connectivity index is 2.44. The summed E-state index contributed by atoms with van der Waals surface area (Å²) in [6.07, 6.45) is 1.79. The summed E-state index contributed by atoms with van der Waals surface area (Å²) >= 11 is 0. The van der Waals surface area contributed by atoms with E-state index in [2.05, 4.69) is 6.58 Å². The van der Waals surface area contributed by atoms with Gasteiger partial charge in [-0.1, -0.05) is 32.1 Å². The SMILES string of the molecule is C=CCN([C@]1(C)CCS(=O)(=O)C1)S(=O)(=O)c1ccc(C(C)C)cc1. The van der Waals surface area contributed by atoms with Gasteiger partial charge in [0.15, 0.2) is 9.84 Å². The molecule has 1 aliphatic heterocycles. The maximum Gasteiger partial charge on any atom is 0.243 e. The highest BCUT2D eigenvalue weighted by Gasteiger charge is 2.47. The summed E-state index contributed by atoms with van der Waals surface area (Å²) in [6, 6.07) is 6.79. The van der Waals surface area contributed by atoms with E-state index in [9.17, 15) is 16.8 Å². The first kappa shape index (κ1) is 19.1. The maximum atomic E-state index is 13.1. The molecule has 0 aromatic heterocycles. The minimum atomic E-state index is -3.80. The molecule has 1 heterocycles. The topological polar surface area (TPSA) is 71.5 Å². The van der Waals surface area contributed by atoms with Gasteiger partial charge in [-0.25, -0.2) is 16.8 Å². The molecule has 134 valence electrons. The van der Waals surface area contributed by atoms with Crippen LogP contribution in [-0.2, 0) is 19.9 Å². The second-order valence-electron chi connectivity index (χ2n) is 6.89. The van der Waals surface area contributed by atoms with Crippen molar-refractivity contribution >= 4 is 19.9 Å². The molecule has 1 atom stereocenters. The molecule has 0 amide bonds. The molecule has 0 spiro atoms. The Morgan fingerprint density at radius 3 is 2.29 bits per heavy atom. The molecule has 24 heavy (non-hydrogen) atoms. The monoisotopic (exact) mass is 371 g/mol. The molecule has 0 aliphatic carbocycles. The highest BCUT2D eigenvalue weighted by Crippen LogP contribution is 2.34. The first-order valence-electron chi connectivity index (χ1n) is 7.96. The maximum absolute atomic E-state index is 13.1. The summed E-state index contributed by atoms with van der Waals surface area (Å²) in [5.41, 5.74) is 0.113. The van der Waals surface area contributed by atoms with E-state index in [0.29, 0.717) is 12.3 Å². The molecular formula is C17H25NO4S2. The molecule has 0 N–H and O–H groups in total. The van der Waals surface area contributed by atoms with Crippen molar-refractivity contribution in [1.82, 2.24) is 4.31 Å². The quantitative estimate of drug-likeness (QED) is 0.721. The van der Waals surface area contributed by atoms with Crippen LogP contribution in [0.1, 0.15) is 38.7 Å². The second-order valence-corrected chi connectivity index (χ2v) is 10.9. The Kier molecular flexibility index (Phi) is 5.28. The van der Waals surface area contributed by atoms with E-state index in [1.54, 1.807) is 31.2 Å². The summed E-state index contributed by atoms with van der Waals surface area (Å²) < 4.78 is 51.2. The first-order valence-corrected chi connectivity index (χ1v) is 11.2. The average Bonchev–Trinajstić information content (AvgIpc) is 2.79. The first-order chi connectivity index (χ1) is 11.0. The third-order valence-corrected chi connectivity index (χ3v) is 8.44. The van der Waals surface area contributed by atoms with Crippen LogP contribution in [0.2, 0.25) is 0 Å². The molecule has 1 aliphatic rings. The van der Waals surface area contributed by atoms with Crippen LogP contribution in [0.25, 0.3) is 0 Å². The van der Waals surface area contributed by atoms with E-state index < -0.39 is 25.4 Å². The van der Waals surface area contributed by atoms with Gasteiger partial charge >= 0.3 is 0 Å². The van der Waals surface area contributed by atoms with Crippen molar-refractivity contribution in [2.24, 2.45) is 0 Å². The van der Waals surface area contributed by atoms with Crippen LogP contribution in [-0.4, -0.2) is 44.7 Å². The van der Waals surface area contributed by atoms with E-state index >= 15 is 0 Å². The summed E-state index contributed by atoms with van der Waals surface area (Å²) in [5.74, 6) is 0.166. The van der Waals surface area contributed by atoms with Crippen LogP contribution < -0.4 is 0 Å². The van der Waals surface area contributed by atoms with E-state index in [0.717, 1.165) is 5.56 Å². The fraction of sp³-hybridized carbons (Fsp3) is 0.529. The van der Waals surface area contributed by atoms with Crippen LogP contribution in [0.3, 0.4) is 0 Å². The predicted octanol–water partition coefficient (Wildman–Crippen LogP) is 2.56. The number of sulfonamides is 1. The van der Waals surface area contributed by atoms with Gasteiger partial charge in [0, 0.05) is 12.1 Å². The van der Waals surface area contributed by atoms with Gasteiger partial charge in [-0.15, -0.1) is 6.58 Å². The van der Waals surface area contributed by atoms with Gasteiger partial charge in [-0.05, 0) is 37.0 Å². The zero-order valence-corrected chi connectivity index (χ0v) is 16.0. The standard InChI is InChI=1S/C17H25NO4S2/c1-5-11-18(17(4)10-12-23(19,20)13-17)24(21,22)16-8-6-15(7-9-16)14(2)3/h5-9,14H,1,10-13H2,2-4H3/t17-/m1/s1. The van der Waals surface area contributed by atoms with Gasteiger partial charge in [0.1, 0.15) is 0 Å². The summed E-state index contributed by atoms with van der Waals surface area (Å²) in [6.45, 7) is 9.49. The number of nitrogens with zero attached hydrogens (tertiary/aromatic N) is 1. The zero-order chi connectivity index (χ0) is 18.2. The van der Waals surface area contributed by atoms with Gasteiger partial charge in [0.2, 0.25) is 10.0 Å². The van der Waals surface area contributed by atoms with E-state index in [4.69, 9.17) is 0 Å². The Bertz CT molecular complexity index is 811. The van der Waals surface area contributed by atoms with Crippen LogP contribution in [0.5, 0.6) is 0 Å². The minimum Gasteiger partial charge on any atom is -0.229 e. The predicted molar refractivity (Wildman–Crippen MR) is 96.3 cm³/mol. The van der Waals surface area contributed by atoms with Crippen molar-refractivity contribution in [3.8, 4) is 0 Å². The third kappa shape index (κ3) is 3.73. The van der Waals surface area contributed by atoms with Gasteiger partial charge < -0.3 is 0 Å². The number of rotatable bonds is 6. The zero-order valence-electron chi connectivity index (χ0n) is 14.4. The van der Waals surface area contributed by atoms with Crippen molar-refractivity contribution in [3.05, 3.63) is 42.5 Å². The summed E-state index contributed by atoms with van der Waals surface area (Å²) in [5, 5.41) is 0. The second kappa shape index (κ2) is 6.61. The van der Waals surface area contributed by atoms with Gasteiger partial charge in [0.25, 0.3) is 0 Å². The van der Waals surface area contributed by atoms with Crippen molar-refractivity contribution in [3.63, 3.8) is 0 Å². The van der Waals surface area contributed by atoms with Gasteiger partial charge in [0.05, 0.1) is 16.4 Å². The van der Waals surface area contributed by atoms with Crippen LogP contribution in [0.4, 0.5) is 0 Å². The van der Waals surface area contributed by atoms with Crippen molar-refractivity contribution in [2.45, 2.75) is 43.5 Å².